The Hall–Kier alpha value is -1.16. The molecule has 19 heavy (non-hydrogen) atoms. The molecule has 0 spiro atoms. The zero-order chi connectivity index (χ0) is 13.5. The third kappa shape index (κ3) is 4.46. The van der Waals surface area contributed by atoms with Crippen LogP contribution in [0.5, 0.6) is 0 Å². The fourth-order valence-corrected chi connectivity index (χ4v) is 2.98. The predicted octanol–water partition coefficient (Wildman–Crippen LogP) is 3.63. The Morgan fingerprint density at radius 3 is 2.68 bits per heavy atom. The number of thiophene rings is 1. The molecule has 0 aliphatic rings. The minimum atomic E-state index is 0.159. The maximum absolute atomic E-state index is 6.17. The van der Waals surface area contributed by atoms with Crippen molar-refractivity contribution in [2.45, 2.75) is 32.4 Å². The molecule has 1 aromatic heterocycles. The smallest absolute Gasteiger partial charge is 0.0302 e. The summed E-state index contributed by atoms with van der Waals surface area (Å²) >= 11 is 1.82. The van der Waals surface area contributed by atoms with E-state index in [9.17, 15) is 0 Å². The van der Waals surface area contributed by atoms with Crippen LogP contribution >= 0.6 is 11.3 Å². The van der Waals surface area contributed by atoms with Gasteiger partial charge in [-0.1, -0.05) is 30.3 Å². The lowest BCUT2D eigenvalue weighted by atomic mass is 10.0. The summed E-state index contributed by atoms with van der Waals surface area (Å²) in [4.78, 5) is 1.44. The van der Waals surface area contributed by atoms with Gasteiger partial charge in [-0.2, -0.15) is 0 Å². The molecule has 0 saturated carbocycles. The van der Waals surface area contributed by atoms with Crippen molar-refractivity contribution >= 4 is 11.3 Å². The lowest BCUT2D eigenvalue weighted by Crippen LogP contribution is -2.17. The molecule has 0 amide bonds. The summed E-state index contributed by atoms with van der Waals surface area (Å²) in [7, 11) is 0. The van der Waals surface area contributed by atoms with E-state index in [1.165, 1.54) is 16.0 Å². The van der Waals surface area contributed by atoms with Crippen molar-refractivity contribution in [3.63, 3.8) is 0 Å². The molecule has 2 nitrogen and oxygen atoms in total. The van der Waals surface area contributed by atoms with Crippen molar-refractivity contribution in [2.75, 3.05) is 6.54 Å². The van der Waals surface area contributed by atoms with Gasteiger partial charge in [0, 0.05) is 17.5 Å². The van der Waals surface area contributed by atoms with E-state index in [4.69, 9.17) is 5.73 Å². The standard InChI is InChI=1S/C16H22N2S/c1-13-9-11-19-16(13)12-18-10-5-8-15(17)14-6-3-2-4-7-14/h2-4,6-7,9,11,15,18H,5,8,10,12,17H2,1H3. The topological polar surface area (TPSA) is 38.0 Å². The molecule has 0 saturated heterocycles. The summed E-state index contributed by atoms with van der Waals surface area (Å²) in [5.41, 5.74) is 8.79. The lowest BCUT2D eigenvalue weighted by Gasteiger charge is -2.12. The number of hydrogen-bond acceptors (Lipinski definition) is 3. The Labute approximate surface area is 119 Å². The highest BCUT2D eigenvalue weighted by molar-refractivity contribution is 7.10. The molecule has 0 aliphatic heterocycles. The highest BCUT2D eigenvalue weighted by atomic mass is 32.1. The Balaban J connectivity index is 1.63. The summed E-state index contributed by atoms with van der Waals surface area (Å²) < 4.78 is 0. The van der Waals surface area contributed by atoms with Gasteiger partial charge in [0.15, 0.2) is 0 Å². The second-order valence-electron chi connectivity index (χ2n) is 4.86. The number of benzene rings is 1. The average Bonchev–Trinajstić information content (AvgIpc) is 2.85. The minimum Gasteiger partial charge on any atom is -0.324 e. The quantitative estimate of drug-likeness (QED) is 0.757. The maximum atomic E-state index is 6.17. The molecule has 0 radical (unpaired) electrons. The van der Waals surface area contributed by atoms with Crippen LogP contribution < -0.4 is 11.1 Å². The third-order valence-electron chi connectivity index (χ3n) is 3.35. The third-order valence-corrected chi connectivity index (χ3v) is 4.37. The van der Waals surface area contributed by atoms with Gasteiger partial charge < -0.3 is 11.1 Å². The van der Waals surface area contributed by atoms with Crippen LogP contribution in [0.2, 0.25) is 0 Å². The average molecular weight is 274 g/mol. The molecule has 2 rings (SSSR count). The molecular weight excluding hydrogens is 252 g/mol. The molecule has 2 aromatic rings. The zero-order valence-corrected chi connectivity index (χ0v) is 12.2. The fraction of sp³-hybridized carbons (Fsp3) is 0.375. The van der Waals surface area contributed by atoms with Crippen molar-refractivity contribution in [1.29, 1.82) is 0 Å². The first-order chi connectivity index (χ1) is 9.27. The molecular formula is C16H22N2S. The number of nitrogens with one attached hydrogen (secondary N) is 1. The highest BCUT2D eigenvalue weighted by Crippen LogP contribution is 2.16. The Kier molecular flexibility index (Phi) is 5.58. The van der Waals surface area contributed by atoms with Crippen molar-refractivity contribution in [3.8, 4) is 0 Å². The first-order valence-corrected chi connectivity index (χ1v) is 7.69. The number of hydrogen-bond donors (Lipinski definition) is 2. The molecule has 0 fully saturated rings. The summed E-state index contributed by atoms with van der Waals surface area (Å²) in [6, 6.07) is 12.7. The highest BCUT2D eigenvalue weighted by Gasteiger charge is 2.04. The predicted molar refractivity (Wildman–Crippen MR) is 83.4 cm³/mol. The van der Waals surface area contributed by atoms with Gasteiger partial charge >= 0.3 is 0 Å². The van der Waals surface area contributed by atoms with E-state index in [1.807, 2.05) is 29.5 Å². The van der Waals surface area contributed by atoms with Crippen LogP contribution in [-0.4, -0.2) is 6.54 Å². The largest absolute Gasteiger partial charge is 0.324 e. The summed E-state index contributed by atoms with van der Waals surface area (Å²) in [6.07, 6.45) is 2.14. The van der Waals surface area contributed by atoms with Crippen molar-refractivity contribution in [1.82, 2.24) is 5.32 Å². The molecule has 1 unspecified atom stereocenters. The van der Waals surface area contributed by atoms with Crippen LogP contribution in [0.3, 0.4) is 0 Å². The van der Waals surface area contributed by atoms with Gasteiger partial charge in [0.2, 0.25) is 0 Å². The minimum absolute atomic E-state index is 0.159. The molecule has 1 atom stereocenters. The molecule has 0 bridgehead atoms. The Bertz CT molecular complexity index is 479. The summed E-state index contributed by atoms with van der Waals surface area (Å²) in [6.45, 7) is 4.17. The summed E-state index contributed by atoms with van der Waals surface area (Å²) in [5.74, 6) is 0. The summed E-state index contributed by atoms with van der Waals surface area (Å²) in [5, 5.41) is 5.64. The Morgan fingerprint density at radius 1 is 1.21 bits per heavy atom. The van der Waals surface area contributed by atoms with E-state index < -0.39 is 0 Å². The van der Waals surface area contributed by atoms with Crippen molar-refractivity contribution < 1.29 is 0 Å². The van der Waals surface area contributed by atoms with Crippen LogP contribution in [0.1, 0.15) is 34.9 Å². The Morgan fingerprint density at radius 2 is 2.00 bits per heavy atom. The lowest BCUT2D eigenvalue weighted by molar-refractivity contribution is 0.567. The van der Waals surface area contributed by atoms with Gasteiger partial charge in [0.05, 0.1) is 0 Å². The zero-order valence-electron chi connectivity index (χ0n) is 11.4. The number of rotatable bonds is 7. The SMILES string of the molecule is Cc1ccsc1CNCCCC(N)c1ccccc1. The van der Waals surface area contributed by atoms with Crippen molar-refractivity contribution in [3.05, 3.63) is 57.8 Å². The van der Waals surface area contributed by atoms with Gasteiger partial charge in [0.25, 0.3) is 0 Å². The van der Waals surface area contributed by atoms with Gasteiger partial charge in [-0.15, -0.1) is 11.3 Å². The molecule has 3 heteroatoms. The van der Waals surface area contributed by atoms with E-state index in [0.29, 0.717) is 0 Å². The van der Waals surface area contributed by atoms with Crippen molar-refractivity contribution in [2.24, 2.45) is 5.73 Å². The van der Waals surface area contributed by atoms with Gasteiger partial charge in [-0.3, -0.25) is 0 Å². The number of aryl methyl sites for hydroxylation is 1. The monoisotopic (exact) mass is 274 g/mol. The van der Waals surface area contributed by atoms with Gasteiger partial charge in [-0.05, 0) is 48.9 Å². The first-order valence-electron chi connectivity index (χ1n) is 6.81. The van der Waals surface area contributed by atoms with E-state index in [2.05, 4.69) is 35.8 Å². The molecule has 0 aliphatic carbocycles. The fourth-order valence-electron chi connectivity index (χ4n) is 2.10. The van der Waals surface area contributed by atoms with E-state index >= 15 is 0 Å². The second-order valence-corrected chi connectivity index (χ2v) is 5.86. The molecule has 1 heterocycles. The van der Waals surface area contributed by atoms with Gasteiger partial charge in [0.1, 0.15) is 0 Å². The van der Waals surface area contributed by atoms with Gasteiger partial charge in [-0.25, -0.2) is 0 Å². The van der Waals surface area contributed by atoms with E-state index in [0.717, 1.165) is 25.9 Å². The van der Waals surface area contributed by atoms with Crippen LogP contribution in [-0.2, 0) is 6.54 Å². The van der Waals surface area contributed by atoms with E-state index in [-0.39, 0.29) is 6.04 Å². The van der Waals surface area contributed by atoms with Crippen LogP contribution in [0.15, 0.2) is 41.8 Å². The number of nitrogens with two attached hydrogens (primary N) is 1. The van der Waals surface area contributed by atoms with Crippen LogP contribution in [0.4, 0.5) is 0 Å². The normalized spacial score (nSPS) is 12.5. The van der Waals surface area contributed by atoms with Crippen LogP contribution in [0.25, 0.3) is 0 Å². The maximum Gasteiger partial charge on any atom is 0.0302 e. The molecule has 3 N–H and O–H groups in total. The molecule has 102 valence electrons. The molecule has 1 aromatic carbocycles. The van der Waals surface area contributed by atoms with Crippen LogP contribution in [0, 0.1) is 6.92 Å². The van der Waals surface area contributed by atoms with E-state index in [1.54, 1.807) is 0 Å². The first kappa shape index (κ1) is 14.3. The second kappa shape index (κ2) is 7.43.